The Kier molecular flexibility index (Phi) is 6.21. The minimum absolute atomic E-state index is 0.0335. The van der Waals surface area contributed by atoms with Crippen LogP contribution in [-0.2, 0) is 4.79 Å². The van der Waals surface area contributed by atoms with Crippen molar-refractivity contribution in [3.63, 3.8) is 0 Å². The Bertz CT molecular complexity index is 869. The number of hydrogen-bond acceptors (Lipinski definition) is 4. The molecule has 1 aliphatic heterocycles. The van der Waals surface area contributed by atoms with E-state index in [1.807, 2.05) is 24.0 Å². The molecule has 0 aromatic heterocycles. The van der Waals surface area contributed by atoms with Gasteiger partial charge in [-0.3, -0.25) is 19.3 Å². The number of ketones is 1. The number of piperazine rings is 1. The number of amides is 2. The minimum atomic E-state index is -0.151. The molecule has 1 saturated heterocycles. The van der Waals surface area contributed by atoms with Gasteiger partial charge >= 0.3 is 0 Å². The van der Waals surface area contributed by atoms with Crippen LogP contribution in [0, 0.1) is 6.92 Å². The molecule has 146 valence electrons. The minimum Gasteiger partial charge on any atom is -0.358 e. The lowest BCUT2D eigenvalue weighted by Crippen LogP contribution is -2.51. The molecule has 6 nitrogen and oxygen atoms in total. The predicted octanol–water partition coefficient (Wildman–Crippen LogP) is 1.73. The van der Waals surface area contributed by atoms with Crippen LogP contribution >= 0.6 is 0 Å². The van der Waals surface area contributed by atoms with Crippen LogP contribution in [-0.4, -0.2) is 67.2 Å². The molecule has 2 aromatic rings. The first-order valence-electron chi connectivity index (χ1n) is 9.42. The maximum Gasteiger partial charge on any atom is 0.254 e. The molecule has 0 spiro atoms. The molecule has 0 aliphatic carbocycles. The summed E-state index contributed by atoms with van der Waals surface area (Å²) in [5.74, 6) is -0.327. The Morgan fingerprint density at radius 1 is 0.893 bits per heavy atom. The second-order valence-corrected chi connectivity index (χ2v) is 6.98. The lowest BCUT2D eigenvalue weighted by atomic mass is 9.97. The molecule has 1 fully saturated rings. The summed E-state index contributed by atoms with van der Waals surface area (Å²) in [4.78, 5) is 41.3. The summed E-state index contributed by atoms with van der Waals surface area (Å²) in [6.07, 6.45) is 0. The SMILES string of the molecule is CNC(=O)CN1CCN(C(=O)c2ccccc2C(=O)c2ccc(C)cc2)CC1. The normalized spacial score (nSPS) is 14.6. The summed E-state index contributed by atoms with van der Waals surface area (Å²) >= 11 is 0. The smallest absolute Gasteiger partial charge is 0.254 e. The average Bonchev–Trinajstić information content (AvgIpc) is 2.73. The Morgan fingerprint density at radius 2 is 1.50 bits per heavy atom. The number of nitrogens with one attached hydrogen (secondary N) is 1. The van der Waals surface area contributed by atoms with E-state index >= 15 is 0 Å². The van der Waals surface area contributed by atoms with E-state index in [1.165, 1.54) is 0 Å². The van der Waals surface area contributed by atoms with Crippen LogP contribution in [0.4, 0.5) is 0 Å². The molecule has 2 aromatic carbocycles. The number of rotatable bonds is 5. The number of hydrogen-bond donors (Lipinski definition) is 1. The number of carbonyl (C=O) groups is 3. The van der Waals surface area contributed by atoms with Crippen LogP contribution in [0.15, 0.2) is 48.5 Å². The van der Waals surface area contributed by atoms with Crippen molar-refractivity contribution in [3.05, 3.63) is 70.8 Å². The molecule has 0 saturated carbocycles. The highest BCUT2D eigenvalue weighted by molar-refractivity contribution is 6.15. The van der Waals surface area contributed by atoms with Crippen LogP contribution in [0.1, 0.15) is 31.8 Å². The van der Waals surface area contributed by atoms with E-state index in [1.54, 1.807) is 48.3 Å². The molecule has 6 heteroatoms. The summed E-state index contributed by atoms with van der Waals surface area (Å²) in [6, 6.07) is 14.3. The summed E-state index contributed by atoms with van der Waals surface area (Å²) in [6.45, 7) is 4.63. The predicted molar refractivity (Wildman–Crippen MR) is 107 cm³/mol. The molecule has 0 unspecified atom stereocenters. The van der Waals surface area contributed by atoms with Gasteiger partial charge in [-0.25, -0.2) is 0 Å². The summed E-state index contributed by atoms with van der Waals surface area (Å²) < 4.78 is 0. The van der Waals surface area contributed by atoms with E-state index in [4.69, 9.17) is 0 Å². The topological polar surface area (TPSA) is 69.7 Å². The van der Waals surface area contributed by atoms with Gasteiger partial charge in [0.1, 0.15) is 0 Å². The zero-order valence-electron chi connectivity index (χ0n) is 16.3. The first kappa shape index (κ1) is 19.8. The number of nitrogens with zero attached hydrogens (tertiary/aromatic N) is 2. The van der Waals surface area contributed by atoms with Crippen molar-refractivity contribution < 1.29 is 14.4 Å². The molecule has 3 rings (SSSR count). The molecular formula is C22H25N3O3. The van der Waals surface area contributed by atoms with Gasteiger partial charge in [0, 0.05) is 44.4 Å². The third kappa shape index (κ3) is 4.46. The van der Waals surface area contributed by atoms with E-state index in [-0.39, 0.29) is 17.6 Å². The molecular weight excluding hydrogens is 354 g/mol. The lowest BCUT2D eigenvalue weighted by molar-refractivity contribution is -0.122. The van der Waals surface area contributed by atoms with Crippen molar-refractivity contribution in [1.29, 1.82) is 0 Å². The van der Waals surface area contributed by atoms with E-state index in [0.29, 0.717) is 49.4 Å². The van der Waals surface area contributed by atoms with Gasteiger partial charge in [0.2, 0.25) is 5.91 Å². The molecule has 1 heterocycles. The molecule has 1 aliphatic rings. The van der Waals surface area contributed by atoms with Crippen molar-refractivity contribution >= 4 is 17.6 Å². The molecule has 0 bridgehead atoms. The molecule has 0 atom stereocenters. The zero-order valence-corrected chi connectivity index (χ0v) is 16.3. The van der Waals surface area contributed by atoms with Gasteiger partial charge in [-0.1, -0.05) is 48.0 Å². The van der Waals surface area contributed by atoms with Gasteiger partial charge in [0.05, 0.1) is 12.1 Å². The van der Waals surface area contributed by atoms with E-state index in [9.17, 15) is 14.4 Å². The first-order chi connectivity index (χ1) is 13.5. The van der Waals surface area contributed by atoms with Crippen LogP contribution in [0.5, 0.6) is 0 Å². The van der Waals surface area contributed by atoms with Gasteiger partial charge in [-0.2, -0.15) is 0 Å². The highest BCUT2D eigenvalue weighted by Gasteiger charge is 2.26. The maximum absolute atomic E-state index is 13.1. The second kappa shape index (κ2) is 8.80. The van der Waals surface area contributed by atoms with Gasteiger partial charge < -0.3 is 10.2 Å². The Balaban J connectivity index is 1.74. The molecule has 2 amide bonds. The third-order valence-electron chi connectivity index (χ3n) is 5.02. The molecule has 28 heavy (non-hydrogen) atoms. The van der Waals surface area contributed by atoms with Gasteiger partial charge in [-0.05, 0) is 13.0 Å². The summed E-state index contributed by atoms with van der Waals surface area (Å²) in [5, 5.41) is 2.61. The number of carbonyl (C=O) groups excluding carboxylic acids is 3. The highest BCUT2D eigenvalue weighted by atomic mass is 16.2. The summed E-state index contributed by atoms with van der Waals surface area (Å²) in [7, 11) is 1.62. The van der Waals surface area contributed by atoms with Crippen LogP contribution in [0.3, 0.4) is 0 Å². The fourth-order valence-corrected chi connectivity index (χ4v) is 3.29. The van der Waals surface area contributed by atoms with Gasteiger partial charge in [0.25, 0.3) is 5.91 Å². The average molecular weight is 379 g/mol. The van der Waals surface area contributed by atoms with Crippen LogP contribution in [0.25, 0.3) is 0 Å². The largest absolute Gasteiger partial charge is 0.358 e. The van der Waals surface area contributed by atoms with Crippen LogP contribution in [0.2, 0.25) is 0 Å². The Hall–Kier alpha value is -2.99. The van der Waals surface area contributed by atoms with Crippen molar-refractivity contribution in [1.82, 2.24) is 15.1 Å². The number of benzene rings is 2. The van der Waals surface area contributed by atoms with E-state index in [2.05, 4.69) is 5.32 Å². The Morgan fingerprint density at radius 3 is 2.11 bits per heavy atom. The van der Waals surface area contributed by atoms with Gasteiger partial charge in [0.15, 0.2) is 5.78 Å². The third-order valence-corrected chi connectivity index (χ3v) is 5.02. The molecule has 0 radical (unpaired) electrons. The standard InChI is InChI=1S/C22H25N3O3/c1-16-7-9-17(10-8-16)21(27)18-5-3-4-6-19(18)22(28)25-13-11-24(12-14-25)15-20(26)23-2/h3-10H,11-15H2,1-2H3,(H,23,26). The number of aryl methyl sites for hydroxylation is 1. The van der Waals surface area contributed by atoms with Crippen molar-refractivity contribution in [2.75, 3.05) is 39.8 Å². The fourth-order valence-electron chi connectivity index (χ4n) is 3.29. The number of likely N-dealkylation sites (N-methyl/N-ethyl adjacent to an activating group) is 1. The first-order valence-corrected chi connectivity index (χ1v) is 9.42. The summed E-state index contributed by atoms with van der Waals surface area (Å²) in [5.41, 5.74) is 2.49. The quantitative estimate of drug-likeness (QED) is 0.804. The van der Waals surface area contributed by atoms with E-state index in [0.717, 1.165) is 5.56 Å². The van der Waals surface area contributed by atoms with Gasteiger partial charge in [-0.15, -0.1) is 0 Å². The fraction of sp³-hybridized carbons (Fsp3) is 0.318. The monoisotopic (exact) mass is 379 g/mol. The van der Waals surface area contributed by atoms with Crippen molar-refractivity contribution in [2.24, 2.45) is 0 Å². The Labute approximate surface area is 165 Å². The zero-order chi connectivity index (χ0) is 20.1. The second-order valence-electron chi connectivity index (χ2n) is 6.98. The highest BCUT2D eigenvalue weighted by Crippen LogP contribution is 2.18. The maximum atomic E-state index is 13.1. The lowest BCUT2D eigenvalue weighted by Gasteiger charge is -2.34. The van der Waals surface area contributed by atoms with E-state index < -0.39 is 0 Å². The van der Waals surface area contributed by atoms with Crippen molar-refractivity contribution in [3.8, 4) is 0 Å². The van der Waals surface area contributed by atoms with Crippen LogP contribution < -0.4 is 5.32 Å². The van der Waals surface area contributed by atoms with Crippen molar-refractivity contribution in [2.45, 2.75) is 6.92 Å². The molecule has 1 N–H and O–H groups in total.